The normalized spacial score (nSPS) is 15.6. The minimum absolute atomic E-state index is 0.128. The van der Waals surface area contributed by atoms with E-state index in [1.165, 1.54) is 0 Å². The van der Waals surface area contributed by atoms with Crippen molar-refractivity contribution < 1.29 is 14.0 Å². The highest BCUT2D eigenvalue weighted by atomic mass is 16.3. The molecule has 1 amide bonds. The number of H-pyrrole nitrogens is 1. The van der Waals surface area contributed by atoms with Gasteiger partial charge < -0.3 is 14.7 Å². The van der Waals surface area contributed by atoms with Gasteiger partial charge in [-0.15, -0.1) is 0 Å². The Hall–Kier alpha value is -2.30. The second-order valence-electron chi connectivity index (χ2n) is 5.47. The molecule has 110 valence electrons. The molecule has 0 saturated carbocycles. The molecule has 2 heterocycles. The number of carbonyl (C=O) groups is 2. The molecule has 0 saturated heterocycles. The van der Waals surface area contributed by atoms with Crippen LogP contribution in [0.25, 0.3) is 0 Å². The third-order valence-electron chi connectivity index (χ3n) is 3.98. The number of carbonyl (C=O) groups excluding carboxylic acids is 2. The quantitative estimate of drug-likeness (QED) is 0.911. The molecule has 1 atom stereocenters. The van der Waals surface area contributed by atoms with Gasteiger partial charge in [0.25, 0.3) is 5.91 Å². The molecule has 0 bridgehead atoms. The third kappa shape index (κ3) is 2.39. The number of rotatable bonds is 3. The summed E-state index contributed by atoms with van der Waals surface area (Å²) in [6, 6.07) is 3.39. The number of aromatic amines is 1. The van der Waals surface area contributed by atoms with Gasteiger partial charge >= 0.3 is 0 Å². The number of furan rings is 1. The van der Waals surface area contributed by atoms with Crippen molar-refractivity contribution in [1.82, 2.24) is 10.3 Å². The van der Waals surface area contributed by atoms with Crippen molar-refractivity contribution in [3.63, 3.8) is 0 Å². The van der Waals surface area contributed by atoms with E-state index in [9.17, 15) is 9.59 Å². The molecule has 2 aromatic rings. The van der Waals surface area contributed by atoms with Crippen LogP contribution in [-0.4, -0.2) is 16.7 Å². The molecular weight excluding hydrogens is 268 g/mol. The average Bonchev–Trinajstić information content (AvgIpc) is 3.07. The van der Waals surface area contributed by atoms with Crippen molar-refractivity contribution in [3.8, 4) is 0 Å². The predicted octanol–water partition coefficient (Wildman–Crippen LogP) is 2.93. The van der Waals surface area contributed by atoms with Crippen LogP contribution in [0.1, 0.15) is 63.7 Å². The number of nitrogens with one attached hydrogen (secondary N) is 2. The van der Waals surface area contributed by atoms with Crippen molar-refractivity contribution >= 4 is 11.7 Å². The molecule has 1 aliphatic carbocycles. The second-order valence-corrected chi connectivity index (χ2v) is 5.47. The summed E-state index contributed by atoms with van der Waals surface area (Å²) < 4.78 is 5.28. The number of amides is 1. The first-order chi connectivity index (χ1) is 10.1. The lowest BCUT2D eigenvalue weighted by Crippen LogP contribution is -2.27. The van der Waals surface area contributed by atoms with E-state index in [4.69, 9.17) is 4.42 Å². The summed E-state index contributed by atoms with van der Waals surface area (Å²) in [4.78, 5) is 27.5. The monoisotopic (exact) mass is 286 g/mol. The van der Waals surface area contributed by atoms with E-state index in [0.717, 1.165) is 24.1 Å². The number of hydrogen-bond acceptors (Lipinski definition) is 3. The average molecular weight is 286 g/mol. The Kier molecular flexibility index (Phi) is 3.41. The standard InChI is InChI=1S/C16H18N2O3/c1-9-14-11(5-3-6-12(14)19)18-15(9)16(20)17-10(2)13-7-4-8-21-13/h4,7-8,10,18H,3,5-6H2,1-2H3,(H,17,20). The number of fused-ring (bicyclic) bond motifs is 1. The summed E-state index contributed by atoms with van der Waals surface area (Å²) >= 11 is 0. The molecule has 1 aliphatic rings. The van der Waals surface area contributed by atoms with Crippen LogP contribution >= 0.6 is 0 Å². The number of hydrogen-bond donors (Lipinski definition) is 2. The summed E-state index contributed by atoms with van der Waals surface area (Å²) in [5.41, 5.74) is 2.82. The number of Topliss-reactive ketones (excluding diaryl/α,β-unsaturated/α-hetero) is 1. The van der Waals surface area contributed by atoms with Crippen LogP contribution in [0.3, 0.4) is 0 Å². The third-order valence-corrected chi connectivity index (χ3v) is 3.98. The van der Waals surface area contributed by atoms with Crippen molar-refractivity contribution in [3.05, 3.63) is 46.7 Å². The maximum Gasteiger partial charge on any atom is 0.268 e. The van der Waals surface area contributed by atoms with Gasteiger partial charge in [0.15, 0.2) is 5.78 Å². The highest BCUT2D eigenvalue weighted by Crippen LogP contribution is 2.26. The maximum absolute atomic E-state index is 12.4. The molecule has 5 heteroatoms. The molecular formula is C16H18N2O3. The molecule has 0 radical (unpaired) electrons. The zero-order valence-corrected chi connectivity index (χ0v) is 12.2. The first kappa shape index (κ1) is 13.7. The molecule has 2 aromatic heterocycles. The van der Waals surface area contributed by atoms with Crippen molar-refractivity contribution in [1.29, 1.82) is 0 Å². The molecule has 2 N–H and O–H groups in total. The van der Waals surface area contributed by atoms with Crippen LogP contribution in [0, 0.1) is 6.92 Å². The molecule has 0 spiro atoms. The first-order valence-corrected chi connectivity index (χ1v) is 7.17. The van der Waals surface area contributed by atoms with Crippen LogP contribution in [0.15, 0.2) is 22.8 Å². The summed E-state index contributed by atoms with van der Waals surface area (Å²) in [6.07, 6.45) is 3.81. The molecule has 0 fully saturated rings. The van der Waals surface area contributed by atoms with E-state index >= 15 is 0 Å². The van der Waals surface area contributed by atoms with Gasteiger partial charge in [-0.3, -0.25) is 9.59 Å². The lowest BCUT2D eigenvalue weighted by Gasteiger charge is -2.11. The minimum atomic E-state index is -0.220. The summed E-state index contributed by atoms with van der Waals surface area (Å²) in [7, 11) is 0. The highest BCUT2D eigenvalue weighted by Gasteiger charge is 2.27. The Morgan fingerprint density at radius 2 is 2.24 bits per heavy atom. The summed E-state index contributed by atoms with van der Waals surface area (Å²) in [6.45, 7) is 3.69. The van der Waals surface area contributed by atoms with E-state index in [-0.39, 0.29) is 17.7 Å². The fraction of sp³-hybridized carbons (Fsp3) is 0.375. The number of aryl methyl sites for hydroxylation is 1. The summed E-state index contributed by atoms with van der Waals surface area (Å²) in [5, 5.41) is 2.89. The molecule has 0 aromatic carbocycles. The number of ketones is 1. The van der Waals surface area contributed by atoms with Gasteiger partial charge in [0, 0.05) is 17.7 Å². The largest absolute Gasteiger partial charge is 0.467 e. The van der Waals surface area contributed by atoms with E-state index in [0.29, 0.717) is 23.4 Å². The van der Waals surface area contributed by atoms with Gasteiger partial charge in [0.05, 0.1) is 12.3 Å². The van der Waals surface area contributed by atoms with Gasteiger partial charge in [-0.1, -0.05) is 0 Å². The fourth-order valence-corrected chi connectivity index (χ4v) is 2.88. The Bertz CT molecular complexity index is 683. The SMILES string of the molecule is Cc1c(C(=O)NC(C)c2ccco2)[nH]c2c1C(=O)CCC2. The fourth-order valence-electron chi connectivity index (χ4n) is 2.88. The van der Waals surface area contributed by atoms with Crippen LogP contribution in [0.4, 0.5) is 0 Å². The Morgan fingerprint density at radius 1 is 1.43 bits per heavy atom. The van der Waals surface area contributed by atoms with Crippen LogP contribution in [-0.2, 0) is 6.42 Å². The van der Waals surface area contributed by atoms with Crippen molar-refractivity contribution in [2.75, 3.05) is 0 Å². The zero-order chi connectivity index (χ0) is 15.0. The molecule has 0 aliphatic heterocycles. The molecule has 5 nitrogen and oxygen atoms in total. The highest BCUT2D eigenvalue weighted by molar-refractivity contribution is 6.04. The van der Waals surface area contributed by atoms with Gasteiger partial charge in [0.1, 0.15) is 11.5 Å². The smallest absolute Gasteiger partial charge is 0.268 e. The van der Waals surface area contributed by atoms with Crippen LogP contribution < -0.4 is 5.32 Å². The topological polar surface area (TPSA) is 75.1 Å². The van der Waals surface area contributed by atoms with Gasteiger partial charge in [0.2, 0.25) is 0 Å². The molecule has 3 rings (SSSR count). The van der Waals surface area contributed by atoms with E-state index in [1.54, 1.807) is 12.3 Å². The lowest BCUT2D eigenvalue weighted by molar-refractivity contribution is 0.0929. The van der Waals surface area contributed by atoms with E-state index in [1.807, 2.05) is 19.9 Å². The second kappa shape index (κ2) is 5.24. The Balaban J connectivity index is 1.84. The minimum Gasteiger partial charge on any atom is -0.467 e. The number of aromatic nitrogens is 1. The van der Waals surface area contributed by atoms with Crippen LogP contribution in [0.5, 0.6) is 0 Å². The maximum atomic E-state index is 12.4. The van der Waals surface area contributed by atoms with Crippen LogP contribution in [0.2, 0.25) is 0 Å². The van der Waals surface area contributed by atoms with E-state index in [2.05, 4.69) is 10.3 Å². The Morgan fingerprint density at radius 3 is 2.90 bits per heavy atom. The summed E-state index contributed by atoms with van der Waals surface area (Å²) in [5.74, 6) is 0.620. The predicted molar refractivity (Wildman–Crippen MR) is 77.4 cm³/mol. The Labute approximate surface area is 122 Å². The van der Waals surface area contributed by atoms with E-state index < -0.39 is 0 Å². The molecule has 1 unspecified atom stereocenters. The lowest BCUT2D eigenvalue weighted by atomic mass is 9.94. The van der Waals surface area contributed by atoms with Gasteiger partial charge in [-0.05, 0) is 44.4 Å². The van der Waals surface area contributed by atoms with Gasteiger partial charge in [-0.2, -0.15) is 0 Å². The molecule has 21 heavy (non-hydrogen) atoms. The van der Waals surface area contributed by atoms with Gasteiger partial charge in [-0.25, -0.2) is 0 Å². The van der Waals surface area contributed by atoms with Crippen molar-refractivity contribution in [2.24, 2.45) is 0 Å². The van der Waals surface area contributed by atoms with Crippen molar-refractivity contribution in [2.45, 2.75) is 39.2 Å². The zero-order valence-electron chi connectivity index (χ0n) is 12.2. The first-order valence-electron chi connectivity index (χ1n) is 7.17.